The highest BCUT2D eigenvalue weighted by atomic mass is 19.4. The molecule has 0 bridgehead atoms. The molecule has 32 heavy (non-hydrogen) atoms. The summed E-state index contributed by atoms with van der Waals surface area (Å²) in [5.74, 6) is 0.597. The molecule has 0 spiro atoms. The highest BCUT2D eigenvalue weighted by molar-refractivity contribution is 5.93. The maximum absolute atomic E-state index is 13.1. The lowest BCUT2D eigenvalue weighted by Crippen LogP contribution is -2.28. The van der Waals surface area contributed by atoms with E-state index in [0.717, 1.165) is 35.4 Å². The van der Waals surface area contributed by atoms with Crippen LogP contribution in [0.5, 0.6) is 0 Å². The Balaban J connectivity index is 1.39. The van der Waals surface area contributed by atoms with Gasteiger partial charge in [-0.25, -0.2) is 4.98 Å². The van der Waals surface area contributed by atoms with Crippen LogP contribution in [-0.2, 0) is 19.0 Å². The maximum atomic E-state index is 13.1. The van der Waals surface area contributed by atoms with Crippen molar-refractivity contribution in [3.63, 3.8) is 0 Å². The summed E-state index contributed by atoms with van der Waals surface area (Å²) in [4.78, 5) is 21.3. The Bertz CT molecular complexity index is 1320. The summed E-state index contributed by atoms with van der Waals surface area (Å²) in [6.45, 7) is 1.93. The number of halogens is 3. The van der Waals surface area contributed by atoms with Gasteiger partial charge in [0, 0.05) is 18.2 Å². The smallest absolute Gasteiger partial charge is 0.344 e. The molecular weight excluding hydrogens is 423 g/mol. The molecule has 164 valence electrons. The lowest BCUT2D eigenvalue weighted by atomic mass is 10.0. The van der Waals surface area contributed by atoms with Crippen LogP contribution >= 0.6 is 0 Å². The second-order valence-corrected chi connectivity index (χ2v) is 7.63. The lowest BCUT2D eigenvalue weighted by Gasteiger charge is -2.14. The molecular formula is C22H18F3N5O2. The van der Waals surface area contributed by atoms with Gasteiger partial charge in [-0.15, -0.1) is 0 Å². The van der Waals surface area contributed by atoms with E-state index in [0.29, 0.717) is 24.6 Å². The molecule has 1 aliphatic carbocycles. The molecule has 0 fully saturated rings. The van der Waals surface area contributed by atoms with Crippen LogP contribution in [0.25, 0.3) is 17.0 Å². The van der Waals surface area contributed by atoms with Crippen LogP contribution in [0.2, 0.25) is 0 Å². The summed E-state index contributed by atoms with van der Waals surface area (Å²) in [6, 6.07) is 7.71. The molecule has 7 nitrogen and oxygen atoms in total. The molecule has 3 heterocycles. The minimum atomic E-state index is -4.51. The second-order valence-electron chi connectivity index (χ2n) is 7.63. The normalized spacial score (nSPS) is 15.8. The number of alkyl halides is 3. The van der Waals surface area contributed by atoms with Gasteiger partial charge in [0.1, 0.15) is 11.3 Å². The number of imidazole rings is 1. The van der Waals surface area contributed by atoms with E-state index in [2.05, 4.69) is 20.4 Å². The maximum Gasteiger partial charge on any atom is 0.417 e. The fourth-order valence-electron chi connectivity index (χ4n) is 3.97. The van der Waals surface area contributed by atoms with Crippen LogP contribution in [0.3, 0.4) is 0 Å². The summed E-state index contributed by atoms with van der Waals surface area (Å²) in [5.41, 5.74) is 2.34. The number of aromatic nitrogens is 4. The first-order valence-corrected chi connectivity index (χ1v) is 10.1. The van der Waals surface area contributed by atoms with E-state index in [1.807, 2.05) is 25.1 Å². The Morgan fingerprint density at radius 1 is 1.28 bits per heavy atom. The molecule has 0 saturated heterocycles. The molecule has 1 aliphatic rings. The zero-order valence-electron chi connectivity index (χ0n) is 17.0. The molecule has 4 aromatic rings. The summed E-state index contributed by atoms with van der Waals surface area (Å²) in [7, 11) is 0. The molecule has 1 aromatic carbocycles. The van der Waals surface area contributed by atoms with Gasteiger partial charge in [-0.3, -0.25) is 9.20 Å². The molecule has 0 radical (unpaired) electrons. The first kappa shape index (κ1) is 20.2. The largest absolute Gasteiger partial charge is 0.417 e. The van der Waals surface area contributed by atoms with Gasteiger partial charge in [0.25, 0.3) is 5.91 Å². The average Bonchev–Trinajstić information content (AvgIpc) is 3.50. The summed E-state index contributed by atoms with van der Waals surface area (Å²) >= 11 is 0. The van der Waals surface area contributed by atoms with Crippen LogP contribution in [0.1, 0.15) is 52.5 Å². The van der Waals surface area contributed by atoms with Crippen molar-refractivity contribution in [2.45, 2.75) is 38.4 Å². The lowest BCUT2D eigenvalue weighted by molar-refractivity contribution is -0.137. The average molecular weight is 441 g/mol. The van der Waals surface area contributed by atoms with Crippen LogP contribution in [-0.4, -0.2) is 25.4 Å². The molecule has 0 saturated carbocycles. The number of benzene rings is 1. The van der Waals surface area contributed by atoms with Crippen LogP contribution in [0.4, 0.5) is 13.2 Å². The van der Waals surface area contributed by atoms with Crippen LogP contribution in [0, 0.1) is 0 Å². The summed E-state index contributed by atoms with van der Waals surface area (Å²) in [5, 5.41) is 6.92. The molecule has 0 unspecified atom stereocenters. The van der Waals surface area contributed by atoms with Crippen molar-refractivity contribution in [3.05, 3.63) is 71.0 Å². The Kier molecular flexibility index (Phi) is 4.72. The Hall–Kier alpha value is -3.69. The predicted molar refractivity (Wildman–Crippen MR) is 108 cm³/mol. The highest BCUT2D eigenvalue weighted by Gasteiger charge is 2.32. The fourth-order valence-corrected chi connectivity index (χ4v) is 3.97. The van der Waals surface area contributed by atoms with Crippen molar-refractivity contribution in [2.75, 3.05) is 0 Å². The second kappa shape index (κ2) is 7.47. The van der Waals surface area contributed by atoms with Crippen molar-refractivity contribution < 1.29 is 22.5 Å². The highest BCUT2D eigenvalue weighted by Crippen LogP contribution is 2.34. The van der Waals surface area contributed by atoms with E-state index in [1.165, 1.54) is 16.7 Å². The van der Waals surface area contributed by atoms with E-state index in [4.69, 9.17) is 4.52 Å². The van der Waals surface area contributed by atoms with Gasteiger partial charge in [-0.2, -0.15) is 18.2 Å². The minimum absolute atomic E-state index is 0.0510. The molecule has 1 atom stereocenters. The number of nitrogens with one attached hydrogen (secondary N) is 1. The van der Waals surface area contributed by atoms with Crippen molar-refractivity contribution in [3.8, 4) is 11.4 Å². The van der Waals surface area contributed by atoms with Gasteiger partial charge in [0.15, 0.2) is 0 Å². The SMILES string of the molecule is CCc1nc(-c2ccc3c(c2)CC[C@H]3NC(=O)c2cnc3ccc(C(F)(F)F)cn23)no1. The first-order chi connectivity index (χ1) is 15.3. The molecule has 0 aliphatic heterocycles. The number of hydrogen-bond acceptors (Lipinski definition) is 5. The quantitative estimate of drug-likeness (QED) is 0.508. The van der Waals surface area contributed by atoms with Crippen molar-refractivity contribution in [2.24, 2.45) is 0 Å². The van der Waals surface area contributed by atoms with Crippen LogP contribution in [0.15, 0.2) is 47.2 Å². The minimum Gasteiger partial charge on any atom is -0.344 e. The van der Waals surface area contributed by atoms with E-state index in [1.54, 1.807) is 0 Å². The van der Waals surface area contributed by atoms with E-state index in [9.17, 15) is 18.0 Å². The molecule has 5 rings (SSSR count). The van der Waals surface area contributed by atoms with Gasteiger partial charge in [0.2, 0.25) is 11.7 Å². The third-order valence-electron chi connectivity index (χ3n) is 5.62. The number of fused-ring (bicyclic) bond motifs is 2. The molecule has 10 heteroatoms. The van der Waals surface area contributed by atoms with Gasteiger partial charge >= 0.3 is 6.18 Å². The Morgan fingerprint density at radius 2 is 2.12 bits per heavy atom. The number of carbonyl (C=O) groups is 1. The Morgan fingerprint density at radius 3 is 2.88 bits per heavy atom. The van der Waals surface area contributed by atoms with Crippen molar-refractivity contribution in [1.82, 2.24) is 24.8 Å². The van der Waals surface area contributed by atoms with Gasteiger partial charge in [0.05, 0.1) is 17.8 Å². The number of pyridine rings is 1. The van der Waals surface area contributed by atoms with Crippen molar-refractivity contribution >= 4 is 11.6 Å². The fraction of sp³-hybridized carbons (Fsp3) is 0.273. The number of carbonyl (C=O) groups excluding carboxylic acids is 1. The van der Waals surface area contributed by atoms with Crippen molar-refractivity contribution in [1.29, 1.82) is 0 Å². The standard InChI is InChI=1S/C22H18F3N5O2/c1-2-19-28-20(29-32-19)13-3-6-15-12(9-13)4-7-16(15)27-21(31)17-10-26-18-8-5-14(11-30(17)18)22(23,24)25/h3,5-6,8-11,16H,2,4,7H2,1H3,(H,27,31)/t16-/m1/s1. The zero-order chi connectivity index (χ0) is 22.5. The van der Waals surface area contributed by atoms with E-state index >= 15 is 0 Å². The predicted octanol–water partition coefficient (Wildman–Crippen LogP) is 4.38. The number of hydrogen-bond donors (Lipinski definition) is 1. The van der Waals surface area contributed by atoms with E-state index in [-0.39, 0.29) is 17.4 Å². The molecule has 1 N–H and O–H groups in total. The monoisotopic (exact) mass is 441 g/mol. The number of rotatable bonds is 4. The van der Waals surface area contributed by atoms with Crippen LogP contribution < -0.4 is 5.32 Å². The van der Waals surface area contributed by atoms with Gasteiger partial charge < -0.3 is 9.84 Å². The zero-order valence-corrected chi connectivity index (χ0v) is 17.0. The third-order valence-corrected chi connectivity index (χ3v) is 5.62. The third kappa shape index (κ3) is 3.51. The summed E-state index contributed by atoms with van der Waals surface area (Å²) < 4.78 is 45.6. The number of amides is 1. The van der Waals surface area contributed by atoms with E-state index < -0.39 is 17.6 Å². The number of aryl methyl sites for hydroxylation is 2. The molecule has 1 amide bonds. The number of nitrogens with zero attached hydrogens (tertiary/aromatic N) is 4. The van der Waals surface area contributed by atoms with Gasteiger partial charge in [-0.1, -0.05) is 24.2 Å². The Labute approximate surface area is 180 Å². The van der Waals surface area contributed by atoms with Gasteiger partial charge in [-0.05, 0) is 42.2 Å². The molecule has 3 aromatic heterocycles. The first-order valence-electron chi connectivity index (χ1n) is 10.1. The topological polar surface area (TPSA) is 85.3 Å². The summed E-state index contributed by atoms with van der Waals surface area (Å²) in [6.07, 6.45) is -0.253.